The lowest BCUT2D eigenvalue weighted by Crippen LogP contribution is -2.31. The predicted molar refractivity (Wildman–Crippen MR) is 127 cm³/mol. The number of hydrogen-bond acceptors (Lipinski definition) is 5. The number of methoxy groups -OCH3 is 1. The minimum atomic E-state index is -0.575. The maximum atomic E-state index is 13.5. The summed E-state index contributed by atoms with van der Waals surface area (Å²) in [5, 5.41) is 17.6. The zero-order chi connectivity index (χ0) is 22.4. The summed E-state index contributed by atoms with van der Waals surface area (Å²) >= 11 is 8.10. The summed E-state index contributed by atoms with van der Waals surface area (Å²) < 4.78 is 5.36. The smallest absolute Gasteiger partial charge is 0.254 e. The van der Waals surface area contributed by atoms with Gasteiger partial charge < -0.3 is 15.4 Å². The molecule has 0 spiro atoms. The molecule has 1 amide bonds. The van der Waals surface area contributed by atoms with Crippen LogP contribution >= 0.6 is 23.4 Å². The van der Waals surface area contributed by atoms with E-state index < -0.39 is 5.92 Å². The first-order valence-electron chi connectivity index (χ1n) is 9.95. The zero-order valence-corrected chi connectivity index (χ0v) is 19.2. The highest BCUT2D eigenvalue weighted by Crippen LogP contribution is 2.43. The van der Waals surface area contributed by atoms with E-state index in [9.17, 15) is 10.1 Å². The van der Waals surface area contributed by atoms with Crippen molar-refractivity contribution in [1.82, 2.24) is 5.32 Å². The van der Waals surface area contributed by atoms with Gasteiger partial charge >= 0.3 is 0 Å². The SMILES string of the molecule is CCCSC1=C(C#N)C(c2ccccc2Cl)C(C(=O)Nc2ccccc2OC)=C(C)N1. The molecule has 31 heavy (non-hydrogen) atoms. The second kappa shape index (κ2) is 10.4. The lowest BCUT2D eigenvalue weighted by molar-refractivity contribution is -0.113. The molecular formula is C24H24ClN3O2S. The molecule has 0 saturated heterocycles. The minimum absolute atomic E-state index is 0.313. The molecule has 1 aliphatic rings. The molecule has 5 nitrogen and oxygen atoms in total. The van der Waals surface area contributed by atoms with Gasteiger partial charge in [-0.15, -0.1) is 11.8 Å². The van der Waals surface area contributed by atoms with Crippen LogP contribution in [0.2, 0.25) is 5.02 Å². The molecule has 1 atom stereocenters. The maximum Gasteiger partial charge on any atom is 0.254 e. The Hall–Kier alpha value is -2.88. The van der Waals surface area contributed by atoms with Crippen molar-refractivity contribution in [3.05, 3.63) is 81.0 Å². The Morgan fingerprint density at radius 2 is 1.97 bits per heavy atom. The van der Waals surface area contributed by atoms with Crippen LogP contribution in [0.25, 0.3) is 0 Å². The van der Waals surface area contributed by atoms with Gasteiger partial charge in [-0.3, -0.25) is 4.79 Å². The van der Waals surface area contributed by atoms with Gasteiger partial charge in [-0.1, -0.05) is 48.9 Å². The third-order valence-corrected chi connectivity index (χ3v) is 6.48. The van der Waals surface area contributed by atoms with Crippen LogP contribution in [0.1, 0.15) is 31.7 Å². The molecule has 0 bridgehead atoms. The number of nitriles is 1. The Morgan fingerprint density at radius 1 is 1.26 bits per heavy atom. The molecule has 0 fully saturated rings. The van der Waals surface area contributed by atoms with E-state index in [0.29, 0.717) is 33.3 Å². The van der Waals surface area contributed by atoms with Crippen LogP contribution in [0.4, 0.5) is 5.69 Å². The van der Waals surface area contributed by atoms with Crippen LogP contribution in [0.5, 0.6) is 5.75 Å². The van der Waals surface area contributed by atoms with Gasteiger partial charge in [0, 0.05) is 16.3 Å². The number of dihydropyridines is 1. The van der Waals surface area contributed by atoms with Gasteiger partial charge in [0.2, 0.25) is 0 Å². The number of hydrogen-bond donors (Lipinski definition) is 2. The molecule has 1 aliphatic heterocycles. The van der Waals surface area contributed by atoms with E-state index in [-0.39, 0.29) is 5.91 Å². The summed E-state index contributed by atoms with van der Waals surface area (Å²) in [6.07, 6.45) is 0.967. The highest BCUT2D eigenvalue weighted by atomic mass is 35.5. The van der Waals surface area contributed by atoms with Crippen molar-refractivity contribution in [1.29, 1.82) is 5.26 Å². The number of amides is 1. The van der Waals surface area contributed by atoms with Crippen LogP contribution in [0.15, 0.2) is 70.4 Å². The number of allylic oxidation sites excluding steroid dienone is 2. The van der Waals surface area contributed by atoms with Crippen molar-refractivity contribution in [2.24, 2.45) is 0 Å². The summed E-state index contributed by atoms with van der Waals surface area (Å²) in [4.78, 5) is 13.5. The first-order chi connectivity index (χ1) is 15.0. The van der Waals surface area contributed by atoms with Gasteiger partial charge in [-0.25, -0.2) is 0 Å². The van der Waals surface area contributed by atoms with Crippen LogP contribution < -0.4 is 15.4 Å². The summed E-state index contributed by atoms with van der Waals surface area (Å²) in [5.41, 5.74) is 2.91. The molecule has 0 aromatic heterocycles. The number of nitrogens with zero attached hydrogens (tertiary/aromatic N) is 1. The van der Waals surface area contributed by atoms with E-state index in [2.05, 4.69) is 23.6 Å². The number of carbonyl (C=O) groups is 1. The Labute approximate surface area is 192 Å². The second-order valence-corrected chi connectivity index (χ2v) is 8.49. The summed E-state index contributed by atoms with van der Waals surface area (Å²) in [6, 6.07) is 16.9. The van der Waals surface area contributed by atoms with E-state index in [1.807, 2.05) is 37.3 Å². The fourth-order valence-electron chi connectivity index (χ4n) is 3.49. The molecule has 0 radical (unpaired) electrons. The summed E-state index contributed by atoms with van der Waals surface area (Å²) in [7, 11) is 1.55. The standard InChI is InChI=1S/C24H24ClN3O2S/c1-4-13-31-24-17(14-26)22(16-9-5-6-10-18(16)25)21(15(2)27-24)23(29)28-19-11-7-8-12-20(19)30-3/h5-12,22,27H,4,13H2,1-3H3,(H,28,29). The van der Waals surface area contributed by atoms with Gasteiger partial charge in [0.15, 0.2) is 0 Å². The summed E-state index contributed by atoms with van der Waals surface area (Å²) in [5.74, 6) is 0.529. The van der Waals surface area contributed by atoms with E-state index in [1.165, 1.54) is 0 Å². The van der Waals surface area contributed by atoms with E-state index in [4.69, 9.17) is 16.3 Å². The van der Waals surface area contributed by atoms with Crippen molar-refractivity contribution in [3.63, 3.8) is 0 Å². The summed E-state index contributed by atoms with van der Waals surface area (Å²) in [6.45, 7) is 3.93. The van der Waals surface area contributed by atoms with Crippen molar-refractivity contribution >= 4 is 35.0 Å². The average molecular weight is 454 g/mol. The molecule has 3 rings (SSSR count). The fourth-order valence-corrected chi connectivity index (χ4v) is 4.69. The lowest BCUT2D eigenvalue weighted by Gasteiger charge is -2.30. The van der Waals surface area contributed by atoms with Crippen LogP contribution in [0.3, 0.4) is 0 Å². The van der Waals surface area contributed by atoms with Crippen LogP contribution in [-0.4, -0.2) is 18.8 Å². The monoisotopic (exact) mass is 453 g/mol. The van der Waals surface area contributed by atoms with Crippen molar-refractivity contribution < 1.29 is 9.53 Å². The maximum absolute atomic E-state index is 13.5. The van der Waals surface area contributed by atoms with E-state index in [0.717, 1.165) is 22.8 Å². The quantitative estimate of drug-likeness (QED) is 0.552. The normalized spacial score (nSPS) is 15.9. The molecule has 1 heterocycles. The number of carbonyl (C=O) groups excluding carboxylic acids is 1. The average Bonchev–Trinajstić information content (AvgIpc) is 2.77. The minimum Gasteiger partial charge on any atom is -0.495 e. The van der Waals surface area contributed by atoms with Gasteiger partial charge in [-0.05, 0) is 42.9 Å². The lowest BCUT2D eigenvalue weighted by atomic mass is 9.82. The van der Waals surface area contributed by atoms with Gasteiger partial charge in [0.25, 0.3) is 5.91 Å². The Balaban J connectivity index is 2.09. The molecule has 2 aromatic rings. The Morgan fingerprint density at radius 3 is 2.65 bits per heavy atom. The number of benzene rings is 2. The molecule has 0 saturated carbocycles. The van der Waals surface area contributed by atoms with E-state index in [1.54, 1.807) is 37.1 Å². The molecule has 1 unspecified atom stereocenters. The first-order valence-corrected chi connectivity index (χ1v) is 11.3. The molecule has 7 heteroatoms. The predicted octanol–water partition coefficient (Wildman–Crippen LogP) is 5.83. The topological polar surface area (TPSA) is 74.2 Å². The van der Waals surface area contributed by atoms with Crippen LogP contribution in [-0.2, 0) is 4.79 Å². The number of rotatable bonds is 7. The highest BCUT2D eigenvalue weighted by molar-refractivity contribution is 8.03. The zero-order valence-electron chi connectivity index (χ0n) is 17.7. The second-order valence-electron chi connectivity index (χ2n) is 6.98. The molecule has 2 aromatic carbocycles. The number of nitrogens with one attached hydrogen (secondary N) is 2. The number of halogens is 1. The number of anilines is 1. The van der Waals surface area contributed by atoms with E-state index >= 15 is 0 Å². The molecule has 0 aliphatic carbocycles. The highest BCUT2D eigenvalue weighted by Gasteiger charge is 2.35. The van der Waals surface area contributed by atoms with Gasteiger partial charge in [0.1, 0.15) is 5.75 Å². The third-order valence-electron chi connectivity index (χ3n) is 4.91. The fraction of sp³-hybridized carbons (Fsp3) is 0.250. The first kappa shape index (κ1) is 22.8. The van der Waals surface area contributed by atoms with Crippen molar-refractivity contribution in [2.45, 2.75) is 26.2 Å². The van der Waals surface area contributed by atoms with Gasteiger partial charge in [0.05, 0.1) is 35.4 Å². The Bertz CT molecular complexity index is 1090. The largest absolute Gasteiger partial charge is 0.495 e. The van der Waals surface area contributed by atoms with Crippen molar-refractivity contribution in [3.8, 4) is 11.8 Å². The van der Waals surface area contributed by atoms with Crippen LogP contribution in [0, 0.1) is 11.3 Å². The van der Waals surface area contributed by atoms with Gasteiger partial charge in [-0.2, -0.15) is 5.26 Å². The molecule has 160 valence electrons. The Kier molecular flexibility index (Phi) is 7.67. The number of ether oxygens (including phenoxy) is 1. The number of thioether (sulfide) groups is 1. The number of para-hydroxylation sites is 2. The third kappa shape index (κ3) is 4.90. The molecular weight excluding hydrogens is 430 g/mol. The molecule has 2 N–H and O–H groups in total. The van der Waals surface area contributed by atoms with Crippen molar-refractivity contribution in [2.75, 3.05) is 18.2 Å².